The highest BCUT2D eigenvalue weighted by atomic mass is 32.2. The van der Waals surface area contributed by atoms with Crippen molar-refractivity contribution in [3.05, 3.63) is 95.1 Å². The van der Waals surface area contributed by atoms with Gasteiger partial charge in [0.25, 0.3) is 10.0 Å². The van der Waals surface area contributed by atoms with Gasteiger partial charge in [-0.25, -0.2) is 8.42 Å². The number of amidine groups is 1. The molecule has 0 fully saturated rings. The highest BCUT2D eigenvalue weighted by Gasteiger charge is 2.31. The first-order chi connectivity index (χ1) is 16.4. The first kappa shape index (κ1) is 22.2. The molecule has 0 radical (unpaired) electrons. The van der Waals surface area contributed by atoms with E-state index in [-0.39, 0.29) is 16.6 Å². The van der Waals surface area contributed by atoms with E-state index in [1.165, 1.54) is 22.9 Å². The van der Waals surface area contributed by atoms with E-state index in [1.807, 2.05) is 12.1 Å². The molecule has 2 aliphatic heterocycles. The maximum absolute atomic E-state index is 12.6. The van der Waals surface area contributed by atoms with E-state index in [4.69, 9.17) is 0 Å². The van der Waals surface area contributed by atoms with Gasteiger partial charge in [0.15, 0.2) is 0 Å². The molecular formula is C26H26N4O3S. The zero-order chi connectivity index (χ0) is 23.7. The zero-order valence-electron chi connectivity index (χ0n) is 18.9. The van der Waals surface area contributed by atoms with Gasteiger partial charge in [-0.15, -0.1) is 0 Å². The molecule has 0 spiro atoms. The van der Waals surface area contributed by atoms with E-state index < -0.39 is 16.1 Å². The Labute approximate surface area is 199 Å². The Bertz CT molecular complexity index is 1370. The summed E-state index contributed by atoms with van der Waals surface area (Å²) >= 11 is 0. The molecule has 34 heavy (non-hydrogen) atoms. The summed E-state index contributed by atoms with van der Waals surface area (Å²) in [5, 5.41) is 2.89. The van der Waals surface area contributed by atoms with Crippen molar-refractivity contribution < 1.29 is 13.2 Å². The molecule has 0 saturated heterocycles. The molecule has 8 heteroatoms. The molecule has 2 N–H and O–H groups in total. The van der Waals surface area contributed by atoms with E-state index >= 15 is 0 Å². The summed E-state index contributed by atoms with van der Waals surface area (Å²) in [7, 11) is -3.63. The van der Waals surface area contributed by atoms with Crippen molar-refractivity contribution in [2.24, 2.45) is 4.99 Å². The van der Waals surface area contributed by atoms with Crippen LogP contribution in [0.3, 0.4) is 0 Å². The normalized spacial score (nSPS) is 17.7. The number of nitrogens with one attached hydrogen (secondary N) is 2. The Hall–Kier alpha value is -3.65. The monoisotopic (exact) mass is 474 g/mol. The number of hydrogen-bond acceptors (Lipinski definition) is 5. The SMILES string of the molecule is C[C@H](N=C1NS(=O)(=O)c2ccccc21)C(=O)NCc1ccc(CN2CCc3ccccc32)cc1. The van der Waals surface area contributed by atoms with Crippen molar-refractivity contribution in [2.45, 2.75) is 37.4 Å². The molecule has 2 aliphatic rings. The number of amides is 1. The van der Waals surface area contributed by atoms with E-state index in [0.29, 0.717) is 12.1 Å². The highest BCUT2D eigenvalue weighted by molar-refractivity contribution is 7.90. The summed E-state index contributed by atoms with van der Waals surface area (Å²) in [6.07, 6.45) is 1.08. The number of anilines is 1. The minimum Gasteiger partial charge on any atom is -0.367 e. The first-order valence-electron chi connectivity index (χ1n) is 11.3. The van der Waals surface area contributed by atoms with Crippen LogP contribution in [-0.4, -0.2) is 32.7 Å². The van der Waals surface area contributed by atoms with Crippen molar-refractivity contribution in [1.82, 2.24) is 10.0 Å². The number of rotatable bonds is 6. The molecule has 0 saturated carbocycles. The summed E-state index contributed by atoms with van der Waals surface area (Å²) in [5.74, 6) is -0.0695. The Balaban J connectivity index is 1.18. The topological polar surface area (TPSA) is 90.9 Å². The minimum absolute atomic E-state index is 0.180. The zero-order valence-corrected chi connectivity index (χ0v) is 19.7. The number of sulfonamides is 1. The van der Waals surface area contributed by atoms with Gasteiger partial charge in [-0.2, -0.15) is 0 Å². The van der Waals surface area contributed by atoms with Gasteiger partial charge < -0.3 is 10.2 Å². The molecule has 174 valence electrons. The maximum atomic E-state index is 12.6. The lowest BCUT2D eigenvalue weighted by molar-refractivity contribution is -0.122. The number of hydrogen-bond donors (Lipinski definition) is 2. The maximum Gasteiger partial charge on any atom is 0.263 e. The third-order valence-electron chi connectivity index (χ3n) is 6.21. The number of carbonyl (C=O) groups is 1. The molecule has 1 amide bonds. The predicted molar refractivity (Wildman–Crippen MR) is 132 cm³/mol. The molecule has 1 atom stereocenters. The second-order valence-corrected chi connectivity index (χ2v) is 10.2. The van der Waals surface area contributed by atoms with Crippen LogP contribution in [0, 0.1) is 0 Å². The average Bonchev–Trinajstić information content (AvgIpc) is 3.36. The number of aliphatic imine (C=N–C) groups is 1. The van der Waals surface area contributed by atoms with Crippen LogP contribution in [0.25, 0.3) is 0 Å². The number of nitrogens with zero attached hydrogens (tertiary/aromatic N) is 2. The van der Waals surface area contributed by atoms with Crippen molar-refractivity contribution in [2.75, 3.05) is 11.4 Å². The van der Waals surface area contributed by atoms with Gasteiger partial charge in [0.1, 0.15) is 11.9 Å². The number of fused-ring (bicyclic) bond motifs is 2. The van der Waals surface area contributed by atoms with Crippen LogP contribution in [0.2, 0.25) is 0 Å². The van der Waals surface area contributed by atoms with E-state index in [1.54, 1.807) is 25.1 Å². The standard InChI is InChI=1S/C26H26N4O3S/c1-18(28-25-22-7-3-5-9-24(22)34(32,33)29-25)26(31)27-16-19-10-12-20(13-11-19)17-30-15-14-21-6-2-4-8-23(21)30/h2-13,18H,14-17H2,1H3,(H,27,31)(H,28,29)/t18-/m0/s1. The third-order valence-corrected chi connectivity index (χ3v) is 7.61. The fourth-order valence-corrected chi connectivity index (χ4v) is 5.61. The lowest BCUT2D eigenvalue weighted by atomic mass is 10.1. The fraction of sp³-hybridized carbons (Fsp3) is 0.231. The highest BCUT2D eigenvalue weighted by Crippen LogP contribution is 2.28. The van der Waals surface area contributed by atoms with Gasteiger partial charge in [-0.1, -0.05) is 54.6 Å². The molecule has 0 unspecified atom stereocenters. The lowest BCUT2D eigenvalue weighted by Crippen LogP contribution is -2.33. The van der Waals surface area contributed by atoms with Crippen LogP contribution in [0.15, 0.2) is 82.7 Å². The summed E-state index contributed by atoms with van der Waals surface area (Å²) in [6.45, 7) is 3.91. The van der Waals surface area contributed by atoms with Crippen LogP contribution in [0.4, 0.5) is 5.69 Å². The van der Waals surface area contributed by atoms with E-state index in [0.717, 1.165) is 25.1 Å². The van der Waals surface area contributed by atoms with Gasteiger partial charge in [-0.05, 0) is 48.2 Å². The Morgan fingerprint density at radius 1 is 1.03 bits per heavy atom. The molecule has 7 nitrogen and oxygen atoms in total. The van der Waals surface area contributed by atoms with Crippen molar-refractivity contribution in [3.63, 3.8) is 0 Å². The molecule has 0 aromatic heterocycles. The minimum atomic E-state index is -3.63. The van der Waals surface area contributed by atoms with Gasteiger partial charge >= 0.3 is 0 Å². The fourth-order valence-electron chi connectivity index (χ4n) is 4.37. The molecule has 2 heterocycles. The number of para-hydroxylation sites is 1. The number of benzene rings is 3. The smallest absolute Gasteiger partial charge is 0.263 e. The molecule has 3 aromatic rings. The summed E-state index contributed by atoms with van der Waals surface area (Å²) in [5.41, 5.74) is 5.40. The largest absolute Gasteiger partial charge is 0.367 e. The van der Waals surface area contributed by atoms with Crippen LogP contribution in [0.1, 0.15) is 29.2 Å². The first-order valence-corrected chi connectivity index (χ1v) is 12.8. The van der Waals surface area contributed by atoms with Crippen LogP contribution in [-0.2, 0) is 34.3 Å². The van der Waals surface area contributed by atoms with E-state index in [9.17, 15) is 13.2 Å². The lowest BCUT2D eigenvalue weighted by Gasteiger charge is -2.19. The quantitative estimate of drug-likeness (QED) is 0.575. The van der Waals surface area contributed by atoms with Crippen LogP contribution >= 0.6 is 0 Å². The van der Waals surface area contributed by atoms with Crippen LogP contribution < -0.4 is 14.9 Å². The second-order valence-electron chi connectivity index (χ2n) is 8.59. The molecule has 0 bridgehead atoms. The summed E-state index contributed by atoms with van der Waals surface area (Å²) < 4.78 is 26.9. The Kier molecular flexibility index (Phi) is 5.83. The second kappa shape index (κ2) is 8.95. The van der Waals surface area contributed by atoms with Gasteiger partial charge in [0, 0.05) is 30.9 Å². The Morgan fingerprint density at radius 3 is 2.56 bits per heavy atom. The predicted octanol–water partition coefficient (Wildman–Crippen LogP) is 2.99. The molecule has 3 aromatic carbocycles. The molecule has 0 aliphatic carbocycles. The Morgan fingerprint density at radius 2 is 1.74 bits per heavy atom. The average molecular weight is 475 g/mol. The third kappa shape index (κ3) is 4.41. The van der Waals surface area contributed by atoms with Crippen molar-refractivity contribution >= 4 is 27.5 Å². The van der Waals surface area contributed by atoms with Gasteiger partial charge in [0.05, 0.1) is 4.90 Å². The molecular weight excluding hydrogens is 448 g/mol. The molecule has 5 rings (SSSR count). The summed E-state index contributed by atoms with van der Waals surface area (Å²) in [6, 6.07) is 22.6. The van der Waals surface area contributed by atoms with Gasteiger partial charge in [-0.3, -0.25) is 14.5 Å². The summed E-state index contributed by atoms with van der Waals surface area (Å²) in [4.78, 5) is 19.5. The van der Waals surface area contributed by atoms with E-state index in [2.05, 4.69) is 56.3 Å². The van der Waals surface area contributed by atoms with Crippen molar-refractivity contribution in [1.29, 1.82) is 0 Å². The van der Waals surface area contributed by atoms with Gasteiger partial charge in [0.2, 0.25) is 5.91 Å². The van der Waals surface area contributed by atoms with Crippen molar-refractivity contribution in [3.8, 4) is 0 Å². The number of carbonyl (C=O) groups excluding carboxylic acids is 1. The van der Waals surface area contributed by atoms with Crippen LogP contribution in [0.5, 0.6) is 0 Å².